The van der Waals surface area contributed by atoms with Gasteiger partial charge in [-0.25, -0.2) is 28.2 Å². The van der Waals surface area contributed by atoms with Crippen molar-refractivity contribution in [3.05, 3.63) is 41.0 Å². The third-order valence-electron chi connectivity index (χ3n) is 6.26. The third kappa shape index (κ3) is 4.15. The molecule has 0 unspecified atom stereocenters. The number of carbonyl (C=O) groups is 1. The summed E-state index contributed by atoms with van der Waals surface area (Å²) >= 11 is 0. The van der Waals surface area contributed by atoms with Crippen LogP contribution in [0.3, 0.4) is 0 Å². The smallest absolute Gasteiger partial charge is 0.341 e. The summed E-state index contributed by atoms with van der Waals surface area (Å²) in [6, 6.07) is 3.55. The van der Waals surface area contributed by atoms with Crippen LogP contribution in [0.4, 0.5) is 5.95 Å². The van der Waals surface area contributed by atoms with Crippen molar-refractivity contribution >= 4 is 32.8 Å². The van der Waals surface area contributed by atoms with E-state index in [-0.39, 0.29) is 12.0 Å². The maximum absolute atomic E-state index is 12.4. The summed E-state index contributed by atoms with van der Waals surface area (Å²) in [6.07, 6.45) is 3.38. The highest BCUT2D eigenvalue weighted by Crippen LogP contribution is 2.37. The molecule has 2 aromatic heterocycles. The lowest BCUT2D eigenvalue weighted by Gasteiger charge is -2.38. The summed E-state index contributed by atoms with van der Waals surface area (Å²) in [4.78, 5) is 28.7. The molecular weight excluding hydrogens is 454 g/mol. The zero-order valence-corrected chi connectivity index (χ0v) is 21.3. The number of ether oxygens (including phenoxy) is 1. The van der Waals surface area contributed by atoms with Crippen LogP contribution in [-0.2, 0) is 27.5 Å². The van der Waals surface area contributed by atoms with Gasteiger partial charge in [-0.1, -0.05) is 20.8 Å². The van der Waals surface area contributed by atoms with Gasteiger partial charge in [-0.3, -0.25) is 0 Å². The van der Waals surface area contributed by atoms with Crippen molar-refractivity contribution in [3.8, 4) is 0 Å². The number of imidazole rings is 1. The largest absolute Gasteiger partial charge is 0.462 e. The molecule has 0 spiro atoms. The average Bonchev–Trinajstić information content (AvgIpc) is 3.14. The van der Waals surface area contributed by atoms with Crippen LogP contribution in [0.15, 0.2) is 23.2 Å². The number of nitrogens with zero attached hydrogens (tertiary/aromatic N) is 5. The van der Waals surface area contributed by atoms with Crippen LogP contribution in [0.25, 0.3) is 11.0 Å². The molecule has 0 N–H and O–H groups in total. The van der Waals surface area contributed by atoms with E-state index in [2.05, 4.69) is 33.3 Å². The average molecular weight is 486 g/mol. The third-order valence-corrected chi connectivity index (χ3v) is 7.43. The van der Waals surface area contributed by atoms with Crippen molar-refractivity contribution < 1.29 is 17.9 Å². The van der Waals surface area contributed by atoms with E-state index < -0.39 is 15.8 Å². The van der Waals surface area contributed by atoms with E-state index in [0.29, 0.717) is 48.2 Å². The lowest BCUT2D eigenvalue weighted by molar-refractivity contribution is 0.0524. The number of anilines is 1. The summed E-state index contributed by atoms with van der Waals surface area (Å²) in [5.74, 6) is 1.15. The van der Waals surface area contributed by atoms with Gasteiger partial charge in [0.15, 0.2) is 9.84 Å². The lowest BCUT2D eigenvalue weighted by atomic mass is 10.00. The molecule has 0 aliphatic carbocycles. The van der Waals surface area contributed by atoms with E-state index in [1.54, 1.807) is 19.9 Å². The quantitative estimate of drug-likeness (QED) is 0.488. The molecule has 1 atom stereocenters. The second-order valence-electron chi connectivity index (χ2n) is 8.97. The molecule has 3 aromatic rings. The fourth-order valence-electron chi connectivity index (χ4n) is 4.67. The first-order valence-electron chi connectivity index (χ1n) is 11.6. The van der Waals surface area contributed by atoms with Gasteiger partial charge < -0.3 is 14.2 Å². The number of aromatic nitrogens is 4. The van der Waals surface area contributed by atoms with E-state index >= 15 is 0 Å². The van der Waals surface area contributed by atoms with Crippen LogP contribution < -0.4 is 4.90 Å². The van der Waals surface area contributed by atoms with E-state index in [9.17, 15) is 13.2 Å². The fourth-order valence-corrected chi connectivity index (χ4v) is 5.67. The van der Waals surface area contributed by atoms with Crippen LogP contribution in [0, 0.1) is 12.8 Å². The van der Waals surface area contributed by atoms with Crippen molar-refractivity contribution in [3.63, 3.8) is 0 Å². The van der Waals surface area contributed by atoms with Gasteiger partial charge in [0.1, 0.15) is 5.82 Å². The second-order valence-corrected chi connectivity index (χ2v) is 11.0. The number of esters is 1. The van der Waals surface area contributed by atoms with Crippen LogP contribution in [0.5, 0.6) is 0 Å². The molecule has 0 bridgehead atoms. The Balaban J connectivity index is 1.81. The van der Waals surface area contributed by atoms with E-state index in [0.717, 1.165) is 22.4 Å². The van der Waals surface area contributed by atoms with Crippen LogP contribution in [0.1, 0.15) is 61.2 Å². The number of sulfone groups is 1. The topological polar surface area (TPSA) is 107 Å². The first kappa shape index (κ1) is 24.1. The number of hydrogen-bond acceptors (Lipinski definition) is 8. The van der Waals surface area contributed by atoms with Gasteiger partial charge in [-0.05, 0) is 43.9 Å². The van der Waals surface area contributed by atoms with Gasteiger partial charge >= 0.3 is 5.97 Å². The van der Waals surface area contributed by atoms with Gasteiger partial charge in [-0.15, -0.1) is 0 Å². The van der Waals surface area contributed by atoms with Crippen LogP contribution >= 0.6 is 0 Å². The molecule has 0 saturated carbocycles. The van der Waals surface area contributed by atoms with Crippen LogP contribution in [0.2, 0.25) is 0 Å². The Labute approximate surface area is 200 Å². The maximum atomic E-state index is 12.4. The molecule has 182 valence electrons. The summed E-state index contributed by atoms with van der Waals surface area (Å²) < 4.78 is 32.0. The molecule has 4 rings (SSSR count). The zero-order chi connectivity index (χ0) is 24.8. The standard InChI is InChI=1S/C24H31N5O4S/c1-7-16-11-18-19(12-20(16)34(6,31)32)28-9-10-29(21(14(3)4)22(28)27-18)24-25-13-17(15(5)26-24)23(30)33-8-2/h11-14,21H,7-10H2,1-6H3/t21-/m0/s1. The molecule has 0 saturated heterocycles. The highest BCUT2D eigenvalue weighted by molar-refractivity contribution is 7.90. The summed E-state index contributed by atoms with van der Waals surface area (Å²) in [5.41, 5.74) is 3.32. The number of carbonyl (C=O) groups excluding carboxylic acids is 1. The van der Waals surface area contributed by atoms with Gasteiger partial charge in [-0.2, -0.15) is 0 Å². The molecule has 0 radical (unpaired) electrons. The van der Waals surface area contributed by atoms with Crippen molar-refractivity contribution in [2.45, 2.75) is 58.5 Å². The van der Waals surface area contributed by atoms with Gasteiger partial charge in [0, 0.05) is 25.5 Å². The van der Waals surface area contributed by atoms with Crippen molar-refractivity contribution in [1.82, 2.24) is 19.5 Å². The van der Waals surface area contributed by atoms with Gasteiger partial charge in [0.25, 0.3) is 0 Å². The molecule has 34 heavy (non-hydrogen) atoms. The Morgan fingerprint density at radius 1 is 1.21 bits per heavy atom. The molecule has 0 fully saturated rings. The molecule has 0 amide bonds. The Hall–Kier alpha value is -3.01. The van der Waals surface area contributed by atoms with E-state index in [1.807, 2.05) is 13.0 Å². The van der Waals surface area contributed by atoms with E-state index in [4.69, 9.17) is 9.72 Å². The number of aryl methyl sites for hydroxylation is 2. The summed E-state index contributed by atoms with van der Waals surface area (Å²) in [6.45, 7) is 11.3. The summed E-state index contributed by atoms with van der Waals surface area (Å²) in [5, 5.41) is 0. The normalized spacial score (nSPS) is 16.2. The Morgan fingerprint density at radius 3 is 2.53 bits per heavy atom. The minimum absolute atomic E-state index is 0.110. The Kier molecular flexibility index (Phi) is 6.37. The van der Waals surface area contributed by atoms with Gasteiger partial charge in [0.2, 0.25) is 5.95 Å². The number of hydrogen-bond donors (Lipinski definition) is 0. The molecule has 9 nitrogen and oxygen atoms in total. The minimum atomic E-state index is -3.35. The van der Waals surface area contributed by atoms with Crippen molar-refractivity contribution in [2.24, 2.45) is 5.92 Å². The highest BCUT2D eigenvalue weighted by Gasteiger charge is 2.35. The second kappa shape index (κ2) is 8.98. The van der Waals surface area contributed by atoms with Gasteiger partial charge in [0.05, 0.1) is 39.8 Å². The molecule has 10 heteroatoms. The Bertz CT molecular complexity index is 1360. The SMILES string of the molecule is CCOC(=O)c1cnc(N2CCn3c(nc4cc(CC)c(S(C)(=O)=O)cc43)[C@@H]2C(C)C)nc1C. The molecular formula is C24H31N5O4S. The molecule has 1 aliphatic heterocycles. The first-order valence-corrected chi connectivity index (χ1v) is 13.5. The predicted octanol–water partition coefficient (Wildman–Crippen LogP) is 3.49. The zero-order valence-electron chi connectivity index (χ0n) is 20.5. The maximum Gasteiger partial charge on any atom is 0.341 e. The van der Waals surface area contributed by atoms with E-state index in [1.165, 1.54) is 12.5 Å². The minimum Gasteiger partial charge on any atom is -0.462 e. The number of rotatable bonds is 6. The molecule has 3 heterocycles. The van der Waals surface area contributed by atoms with Crippen LogP contribution in [-0.4, -0.2) is 53.3 Å². The Morgan fingerprint density at radius 2 is 1.94 bits per heavy atom. The first-order chi connectivity index (χ1) is 16.1. The van der Waals surface area contributed by atoms with Crippen molar-refractivity contribution in [1.29, 1.82) is 0 Å². The number of fused-ring (bicyclic) bond motifs is 3. The van der Waals surface area contributed by atoms with Crippen molar-refractivity contribution in [2.75, 3.05) is 24.3 Å². The highest BCUT2D eigenvalue weighted by atomic mass is 32.2. The fraction of sp³-hybridized carbons (Fsp3) is 0.500. The monoisotopic (exact) mass is 485 g/mol. The summed E-state index contributed by atoms with van der Waals surface area (Å²) in [7, 11) is -3.35. The lowest BCUT2D eigenvalue weighted by Crippen LogP contribution is -2.42. The number of benzene rings is 1. The molecule has 1 aliphatic rings. The molecule has 1 aromatic carbocycles. The predicted molar refractivity (Wildman–Crippen MR) is 130 cm³/mol.